The van der Waals surface area contributed by atoms with Crippen LogP contribution < -0.4 is 18.9 Å². The average molecular weight is 351 g/mol. The standard InChI is InChI=1S/C21H35N2Si.Li/c1-24(2,22-17-10-4-3-5-11-17)21-16-20(23-14-8-9-15-23)18-12-6-7-13-19(18)21;/h6-7,12-13,17-21H,3-5,8-11,14-16H2,1-2H3;/q-1;+1. The van der Waals surface area contributed by atoms with Gasteiger partial charge < -0.3 is 4.98 Å². The van der Waals surface area contributed by atoms with Crippen molar-refractivity contribution >= 4 is 8.24 Å². The van der Waals surface area contributed by atoms with Gasteiger partial charge in [0.05, 0.1) is 0 Å². The summed E-state index contributed by atoms with van der Waals surface area (Å²) in [7, 11) is -1.55. The molecular weight excluding hydrogens is 315 g/mol. The molecule has 4 heteroatoms. The molecule has 1 saturated heterocycles. The number of allylic oxidation sites excluding steroid dienone is 3. The summed E-state index contributed by atoms with van der Waals surface area (Å²) in [4.78, 5) is 8.38. The Hall–Kier alpha value is 0.214. The summed E-state index contributed by atoms with van der Waals surface area (Å²) in [5.74, 6) is 1.51. The van der Waals surface area contributed by atoms with Crippen LogP contribution in [0.3, 0.4) is 0 Å². The molecule has 4 atom stereocenters. The Labute approximate surface area is 168 Å². The topological polar surface area (TPSA) is 17.3 Å². The average Bonchev–Trinajstić information content (AvgIpc) is 3.23. The first-order valence-corrected chi connectivity index (χ1v) is 13.5. The van der Waals surface area contributed by atoms with Crippen LogP contribution in [0.15, 0.2) is 24.3 Å². The van der Waals surface area contributed by atoms with Crippen LogP contribution in [0.5, 0.6) is 0 Å². The number of likely N-dealkylation sites (tertiary alicyclic amines) is 1. The second-order valence-electron chi connectivity index (χ2n) is 9.15. The third-order valence-corrected chi connectivity index (χ3v) is 10.7. The van der Waals surface area contributed by atoms with E-state index in [0.29, 0.717) is 6.04 Å². The summed E-state index contributed by atoms with van der Waals surface area (Å²) in [5, 5.41) is 0. The van der Waals surface area contributed by atoms with Crippen molar-refractivity contribution in [3.63, 3.8) is 0 Å². The maximum absolute atomic E-state index is 5.56. The summed E-state index contributed by atoms with van der Waals surface area (Å²) < 4.78 is 0. The molecule has 1 heterocycles. The molecule has 0 bridgehead atoms. The van der Waals surface area contributed by atoms with Crippen molar-refractivity contribution in [2.24, 2.45) is 11.8 Å². The molecule has 3 fully saturated rings. The largest absolute Gasteiger partial charge is 1.00 e. The van der Waals surface area contributed by atoms with Crippen molar-refractivity contribution in [1.29, 1.82) is 0 Å². The zero-order valence-corrected chi connectivity index (χ0v) is 17.7. The molecule has 0 aromatic rings. The molecule has 0 amide bonds. The molecule has 0 spiro atoms. The van der Waals surface area contributed by atoms with Crippen LogP contribution in [0.25, 0.3) is 4.98 Å². The maximum Gasteiger partial charge on any atom is 1.00 e. The van der Waals surface area contributed by atoms with Gasteiger partial charge in [-0.2, -0.15) is 0 Å². The second kappa shape index (κ2) is 8.49. The van der Waals surface area contributed by atoms with Crippen molar-refractivity contribution in [1.82, 2.24) is 4.90 Å². The molecule has 25 heavy (non-hydrogen) atoms. The SMILES string of the molecule is C[Si](C)([N-]C1CCCCC1)C1CC(N2CCCC2)C2C=CC=CC21.[Li+]. The van der Waals surface area contributed by atoms with E-state index in [-0.39, 0.29) is 18.9 Å². The first-order chi connectivity index (χ1) is 11.6. The summed E-state index contributed by atoms with van der Waals surface area (Å²) in [6, 6.07) is 1.48. The number of rotatable bonds is 4. The summed E-state index contributed by atoms with van der Waals surface area (Å²) in [6.07, 6.45) is 20.9. The van der Waals surface area contributed by atoms with Crippen LogP contribution in [-0.2, 0) is 0 Å². The van der Waals surface area contributed by atoms with E-state index >= 15 is 0 Å². The van der Waals surface area contributed by atoms with E-state index in [4.69, 9.17) is 4.98 Å². The Morgan fingerprint density at radius 3 is 2.20 bits per heavy atom. The fraction of sp³-hybridized carbons (Fsp3) is 0.810. The van der Waals surface area contributed by atoms with Gasteiger partial charge in [0.25, 0.3) is 0 Å². The van der Waals surface area contributed by atoms with Gasteiger partial charge >= 0.3 is 18.9 Å². The van der Waals surface area contributed by atoms with Crippen LogP contribution in [0.2, 0.25) is 18.6 Å². The Morgan fingerprint density at radius 1 is 0.880 bits per heavy atom. The van der Waals surface area contributed by atoms with Crippen LogP contribution >= 0.6 is 0 Å². The van der Waals surface area contributed by atoms with Gasteiger partial charge in [-0.05, 0) is 44.2 Å². The molecule has 4 unspecified atom stereocenters. The fourth-order valence-electron chi connectivity index (χ4n) is 6.00. The minimum absolute atomic E-state index is 0. The van der Waals surface area contributed by atoms with E-state index < -0.39 is 8.24 Å². The molecule has 0 radical (unpaired) electrons. The van der Waals surface area contributed by atoms with Gasteiger partial charge in [0.15, 0.2) is 0 Å². The molecule has 4 rings (SSSR count). The third-order valence-electron chi connectivity index (χ3n) is 7.23. The Balaban J connectivity index is 0.00000182. The van der Waals surface area contributed by atoms with E-state index in [1.54, 1.807) is 0 Å². The van der Waals surface area contributed by atoms with Gasteiger partial charge in [-0.1, -0.05) is 83.3 Å². The molecular formula is C21H35LiN2Si. The third kappa shape index (κ3) is 4.22. The minimum Gasteiger partial charge on any atom is -0.662 e. The van der Waals surface area contributed by atoms with Crippen molar-refractivity contribution in [2.45, 2.75) is 82.1 Å². The minimum atomic E-state index is -1.55. The van der Waals surface area contributed by atoms with Crippen LogP contribution in [-0.4, -0.2) is 38.3 Å². The molecule has 2 saturated carbocycles. The summed E-state index contributed by atoms with van der Waals surface area (Å²) in [6.45, 7) is 7.81. The predicted molar refractivity (Wildman–Crippen MR) is 106 cm³/mol. The number of fused-ring (bicyclic) bond motifs is 1. The van der Waals surface area contributed by atoms with E-state index in [0.717, 1.165) is 23.4 Å². The molecule has 1 aliphatic heterocycles. The van der Waals surface area contributed by atoms with Gasteiger partial charge in [-0.3, -0.25) is 4.90 Å². The molecule has 4 aliphatic rings. The molecule has 134 valence electrons. The Kier molecular flexibility index (Phi) is 6.78. The first-order valence-electron chi connectivity index (χ1n) is 10.5. The van der Waals surface area contributed by atoms with Gasteiger partial charge in [0, 0.05) is 6.04 Å². The first kappa shape index (κ1) is 20.0. The van der Waals surface area contributed by atoms with Crippen molar-refractivity contribution in [2.75, 3.05) is 13.1 Å². The van der Waals surface area contributed by atoms with Crippen LogP contribution in [0, 0.1) is 11.8 Å². The molecule has 3 aliphatic carbocycles. The zero-order chi connectivity index (χ0) is 16.6. The van der Waals surface area contributed by atoms with Gasteiger partial charge in [0.2, 0.25) is 0 Å². The fourth-order valence-corrected chi connectivity index (χ4v) is 9.49. The normalized spacial score (nSPS) is 36.4. The summed E-state index contributed by atoms with van der Waals surface area (Å²) >= 11 is 0. The second-order valence-corrected chi connectivity index (χ2v) is 13.5. The number of hydrogen-bond donors (Lipinski definition) is 0. The molecule has 0 N–H and O–H groups in total. The molecule has 0 aromatic carbocycles. The van der Waals surface area contributed by atoms with E-state index in [2.05, 4.69) is 42.3 Å². The Bertz CT molecular complexity index is 492. The monoisotopic (exact) mass is 350 g/mol. The predicted octanol–water partition coefficient (Wildman–Crippen LogP) is 2.50. The van der Waals surface area contributed by atoms with E-state index in [9.17, 15) is 0 Å². The molecule has 0 aromatic heterocycles. The van der Waals surface area contributed by atoms with Gasteiger partial charge in [-0.15, -0.1) is 6.04 Å². The van der Waals surface area contributed by atoms with Crippen LogP contribution in [0.1, 0.15) is 51.4 Å². The van der Waals surface area contributed by atoms with Gasteiger partial charge in [-0.25, -0.2) is 0 Å². The zero-order valence-electron chi connectivity index (χ0n) is 16.7. The van der Waals surface area contributed by atoms with Crippen molar-refractivity contribution in [3.8, 4) is 0 Å². The maximum atomic E-state index is 5.56. The van der Waals surface area contributed by atoms with E-state index in [1.165, 1.54) is 64.5 Å². The number of hydrogen-bond acceptors (Lipinski definition) is 1. The number of nitrogens with zero attached hydrogens (tertiary/aromatic N) is 2. The van der Waals surface area contributed by atoms with Crippen molar-refractivity contribution < 1.29 is 18.9 Å². The molecule has 2 nitrogen and oxygen atoms in total. The van der Waals surface area contributed by atoms with Gasteiger partial charge in [0.1, 0.15) is 0 Å². The smallest absolute Gasteiger partial charge is 0.662 e. The Morgan fingerprint density at radius 2 is 1.52 bits per heavy atom. The van der Waals surface area contributed by atoms with Crippen molar-refractivity contribution in [3.05, 3.63) is 29.3 Å². The quantitative estimate of drug-likeness (QED) is 0.712. The van der Waals surface area contributed by atoms with E-state index in [1.807, 2.05) is 0 Å². The van der Waals surface area contributed by atoms with Crippen LogP contribution in [0.4, 0.5) is 0 Å². The summed E-state index contributed by atoms with van der Waals surface area (Å²) in [5.41, 5.74) is 0.844.